The normalized spacial score (nSPS) is 32.2. The fourth-order valence-corrected chi connectivity index (χ4v) is 3.73. The lowest BCUT2D eigenvalue weighted by Gasteiger charge is -2.24. The molecule has 1 aromatic rings. The SMILES string of the molecule is CC(Cc1ccco1)NCC1CC2CCCCC2N1. The minimum atomic E-state index is 0.482. The van der Waals surface area contributed by atoms with Crippen LogP contribution in [0.5, 0.6) is 0 Å². The zero-order chi connectivity index (χ0) is 13.1. The lowest BCUT2D eigenvalue weighted by molar-refractivity contribution is 0.325. The largest absolute Gasteiger partial charge is 0.469 e. The molecule has 4 unspecified atom stereocenters. The van der Waals surface area contributed by atoms with Crippen molar-refractivity contribution in [3.8, 4) is 0 Å². The van der Waals surface area contributed by atoms with Crippen LogP contribution in [0, 0.1) is 5.92 Å². The molecule has 0 spiro atoms. The molecule has 106 valence electrons. The first-order valence-electron chi connectivity index (χ1n) is 7.83. The molecule has 19 heavy (non-hydrogen) atoms. The van der Waals surface area contributed by atoms with E-state index in [1.807, 2.05) is 6.07 Å². The molecule has 3 nitrogen and oxygen atoms in total. The van der Waals surface area contributed by atoms with Gasteiger partial charge < -0.3 is 15.1 Å². The minimum absolute atomic E-state index is 0.482. The summed E-state index contributed by atoms with van der Waals surface area (Å²) in [7, 11) is 0. The summed E-state index contributed by atoms with van der Waals surface area (Å²) in [4.78, 5) is 0. The van der Waals surface area contributed by atoms with E-state index in [9.17, 15) is 0 Å². The Bertz CT molecular complexity index is 362. The summed E-state index contributed by atoms with van der Waals surface area (Å²) in [5, 5.41) is 7.47. The second kappa shape index (κ2) is 6.10. The molecular weight excluding hydrogens is 236 g/mol. The first kappa shape index (κ1) is 13.2. The number of nitrogens with one attached hydrogen (secondary N) is 2. The minimum Gasteiger partial charge on any atom is -0.469 e. The van der Waals surface area contributed by atoms with Crippen molar-refractivity contribution in [1.82, 2.24) is 10.6 Å². The maximum Gasteiger partial charge on any atom is 0.105 e. The Morgan fingerprint density at radius 3 is 3.11 bits per heavy atom. The van der Waals surface area contributed by atoms with Crippen LogP contribution in [-0.2, 0) is 6.42 Å². The van der Waals surface area contributed by atoms with Crippen molar-refractivity contribution in [3.63, 3.8) is 0 Å². The predicted molar refractivity (Wildman–Crippen MR) is 77.2 cm³/mol. The second-order valence-electron chi connectivity index (χ2n) is 6.34. The van der Waals surface area contributed by atoms with Crippen molar-refractivity contribution in [1.29, 1.82) is 0 Å². The van der Waals surface area contributed by atoms with Crippen LogP contribution in [0.1, 0.15) is 44.8 Å². The highest BCUT2D eigenvalue weighted by molar-refractivity contribution is 5.00. The third kappa shape index (κ3) is 3.40. The molecule has 1 aromatic heterocycles. The molecule has 3 rings (SSSR count). The van der Waals surface area contributed by atoms with Gasteiger partial charge in [0.15, 0.2) is 0 Å². The van der Waals surface area contributed by atoms with Crippen molar-refractivity contribution in [3.05, 3.63) is 24.2 Å². The number of fused-ring (bicyclic) bond motifs is 1. The highest BCUT2D eigenvalue weighted by atomic mass is 16.3. The highest BCUT2D eigenvalue weighted by Crippen LogP contribution is 2.32. The number of rotatable bonds is 5. The van der Waals surface area contributed by atoms with E-state index < -0.39 is 0 Å². The average molecular weight is 262 g/mol. The van der Waals surface area contributed by atoms with Gasteiger partial charge >= 0.3 is 0 Å². The van der Waals surface area contributed by atoms with E-state index in [-0.39, 0.29) is 0 Å². The molecule has 4 atom stereocenters. The van der Waals surface area contributed by atoms with Crippen LogP contribution in [0.3, 0.4) is 0 Å². The van der Waals surface area contributed by atoms with E-state index in [4.69, 9.17) is 4.42 Å². The van der Waals surface area contributed by atoms with Crippen molar-refractivity contribution < 1.29 is 4.42 Å². The Kier molecular flexibility index (Phi) is 4.24. The van der Waals surface area contributed by atoms with Crippen LogP contribution in [0.15, 0.2) is 22.8 Å². The first-order valence-corrected chi connectivity index (χ1v) is 7.83. The third-order valence-corrected chi connectivity index (χ3v) is 4.75. The Labute approximate surface area is 116 Å². The molecule has 2 heterocycles. The Morgan fingerprint density at radius 1 is 1.42 bits per heavy atom. The molecule has 0 bridgehead atoms. The zero-order valence-corrected chi connectivity index (χ0v) is 11.9. The zero-order valence-electron chi connectivity index (χ0n) is 11.9. The fourth-order valence-electron chi connectivity index (χ4n) is 3.73. The first-order chi connectivity index (χ1) is 9.31. The van der Waals surface area contributed by atoms with E-state index in [1.165, 1.54) is 32.1 Å². The van der Waals surface area contributed by atoms with Gasteiger partial charge in [-0.05, 0) is 44.2 Å². The van der Waals surface area contributed by atoms with Gasteiger partial charge in [-0.25, -0.2) is 0 Å². The van der Waals surface area contributed by atoms with Crippen molar-refractivity contribution in [2.45, 2.75) is 63.6 Å². The van der Waals surface area contributed by atoms with E-state index in [0.717, 1.165) is 30.7 Å². The van der Waals surface area contributed by atoms with Gasteiger partial charge in [0.1, 0.15) is 5.76 Å². The van der Waals surface area contributed by atoms with Gasteiger partial charge in [-0.3, -0.25) is 0 Å². The van der Waals surface area contributed by atoms with E-state index in [0.29, 0.717) is 12.1 Å². The highest BCUT2D eigenvalue weighted by Gasteiger charge is 2.34. The molecule has 1 aliphatic carbocycles. The number of hydrogen-bond donors (Lipinski definition) is 2. The Hall–Kier alpha value is -0.800. The molecule has 1 aliphatic heterocycles. The molecule has 2 fully saturated rings. The van der Waals surface area contributed by atoms with Crippen LogP contribution in [-0.4, -0.2) is 24.7 Å². The quantitative estimate of drug-likeness (QED) is 0.857. The predicted octanol–water partition coefficient (Wildman–Crippen LogP) is 2.72. The molecule has 2 aliphatic rings. The van der Waals surface area contributed by atoms with Crippen LogP contribution in [0.25, 0.3) is 0 Å². The summed E-state index contributed by atoms with van der Waals surface area (Å²) < 4.78 is 5.40. The molecule has 2 N–H and O–H groups in total. The molecule has 1 saturated heterocycles. The summed E-state index contributed by atoms with van der Waals surface area (Å²) in [6.45, 7) is 3.33. The van der Waals surface area contributed by atoms with E-state index >= 15 is 0 Å². The summed E-state index contributed by atoms with van der Waals surface area (Å²) in [5.41, 5.74) is 0. The topological polar surface area (TPSA) is 37.2 Å². The molecule has 0 radical (unpaired) electrons. The molecule has 0 amide bonds. The molecule has 1 saturated carbocycles. The monoisotopic (exact) mass is 262 g/mol. The van der Waals surface area contributed by atoms with Gasteiger partial charge in [0.05, 0.1) is 6.26 Å². The summed E-state index contributed by atoms with van der Waals surface area (Å²) in [6, 6.07) is 5.98. The van der Waals surface area contributed by atoms with Gasteiger partial charge in [0.2, 0.25) is 0 Å². The van der Waals surface area contributed by atoms with Crippen LogP contribution < -0.4 is 10.6 Å². The van der Waals surface area contributed by atoms with Crippen LogP contribution in [0.2, 0.25) is 0 Å². The van der Waals surface area contributed by atoms with Crippen molar-refractivity contribution in [2.24, 2.45) is 5.92 Å². The lowest BCUT2D eigenvalue weighted by Crippen LogP contribution is -2.41. The van der Waals surface area contributed by atoms with Gasteiger partial charge in [0.25, 0.3) is 0 Å². The smallest absolute Gasteiger partial charge is 0.105 e. The molecule has 0 aromatic carbocycles. The van der Waals surface area contributed by atoms with E-state index in [1.54, 1.807) is 6.26 Å². The van der Waals surface area contributed by atoms with Gasteiger partial charge in [-0.1, -0.05) is 12.8 Å². The second-order valence-corrected chi connectivity index (χ2v) is 6.34. The van der Waals surface area contributed by atoms with Gasteiger partial charge in [-0.15, -0.1) is 0 Å². The summed E-state index contributed by atoms with van der Waals surface area (Å²) in [6.07, 6.45) is 9.79. The standard InChI is InChI=1S/C16H26N2O/c1-12(9-15-6-4-8-19-15)17-11-14-10-13-5-2-3-7-16(13)18-14/h4,6,8,12-14,16-18H,2-3,5,7,9-11H2,1H3. The van der Waals surface area contributed by atoms with E-state index in [2.05, 4.69) is 23.6 Å². The summed E-state index contributed by atoms with van der Waals surface area (Å²) in [5.74, 6) is 2.02. The number of furan rings is 1. The lowest BCUT2D eigenvalue weighted by atomic mass is 9.85. The molecular formula is C16H26N2O. The Balaban J connectivity index is 1.40. The average Bonchev–Trinajstić information content (AvgIpc) is 3.04. The fraction of sp³-hybridized carbons (Fsp3) is 0.750. The van der Waals surface area contributed by atoms with Crippen LogP contribution >= 0.6 is 0 Å². The maximum absolute atomic E-state index is 5.40. The van der Waals surface area contributed by atoms with Crippen LogP contribution in [0.4, 0.5) is 0 Å². The molecule has 3 heteroatoms. The van der Waals surface area contributed by atoms with Crippen molar-refractivity contribution >= 4 is 0 Å². The Morgan fingerprint density at radius 2 is 2.32 bits per heavy atom. The van der Waals surface area contributed by atoms with Gasteiger partial charge in [-0.2, -0.15) is 0 Å². The summed E-state index contributed by atoms with van der Waals surface area (Å²) >= 11 is 0. The number of hydrogen-bond acceptors (Lipinski definition) is 3. The van der Waals surface area contributed by atoms with Gasteiger partial charge in [0, 0.05) is 31.1 Å². The third-order valence-electron chi connectivity index (χ3n) is 4.75. The van der Waals surface area contributed by atoms with Crippen molar-refractivity contribution in [2.75, 3.05) is 6.54 Å². The maximum atomic E-state index is 5.40.